The van der Waals surface area contributed by atoms with Gasteiger partial charge in [0.25, 0.3) is 5.91 Å². The normalized spacial score (nSPS) is 13.7. The minimum Gasteiger partial charge on any atom is -0.493 e. The van der Waals surface area contributed by atoms with Crippen LogP contribution < -0.4 is 19.7 Å². The number of fused-ring (bicyclic) bond motifs is 2. The van der Waals surface area contributed by atoms with Gasteiger partial charge in [0.15, 0.2) is 11.5 Å². The van der Waals surface area contributed by atoms with Crippen LogP contribution in [-0.4, -0.2) is 31.7 Å². The molecule has 2 heterocycles. The van der Waals surface area contributed by atoms with Gasteiger partial charge in [-0.1, -0.05) is 46.3 Å². The first-order valence-corrected chi connectivity index (χ1v) is 12.7. The molecule has 3 aromatic carbocycles. The highest BCUT2D eigenvalue weighted by atomic mass is 79.9. The number of para-hydroxylation sites is 1. The second-order valence-corrected chi connectivity index (χ2v) is 9.85. The predicted octanol–water partition coefficient (Wildman–Crippen LogP) is 6.07. The maximum atomic E-state index is 13.5. The van der Waals surface area contributed by atoms with Crippen molar-refractivity contribution in [3.63, 3.8) is 0 Å². The van der Waals surface area contributed by atoms with Crippen molar-refractivity contribution < 1.29 is 14.3 Å². The molecule has 7 heteroatoms. The number of amides is 1. The Balaban J connectivity index is 1.46. The number of anilines is 1. The fourth-order valence-corrected chi connectivity index (χ4v) is 4.96. The van der Waals surface area contributed by atoms with Crippen LogP contribution in [0.5, 0.6) is 11.5 Å². The largest absolute Gasteiger partial charge is 0.493 e. The third-order valence-electron chi connectivity index (χ3n) is 6.71. The van der Waals surface area contributed by atoms with Crippen LogP contribution in [0.25, 0.3) is 10.9 Å². The molecule has 1 aliphatic heterocycles. The first-order valence-electron chi connectivity index (χ1n) is 11.9. The standard InChI is InChI=1S/C29H28BrN3O3/c1-18(19-8-10-22(30)11-9-19)31-29(34)24-16-28(32-25-7-5-4-6-23(24)25)33-13-12-20-14-26(35-2)27(36-3)15-21(20)17-33/h4-11,14-16,18H,12-13,17H2,1-3H3,(H,31,34)/t18-/m0/s1. The van der Waals surface area contributed by atoms with Gasteiger partial charge in [0.2, 0.25) is 0 Å². The maximum absolute atomic E-state index is 13.5. The molecule has 0 fully saturated rings. The molecule has 5 rings (SSSR count). The van der Waals surface area contributed by atoms with E-state index in [0.717, 1.165) is 45.5 Å². The number of rotatable bonds is 6. The topological polar surface area (TPSA) is 63.7 Å². The lowest BCUT2D eigenvalue weighted by molar-refractivity contribution is 0.0941. The molecule has 0 radical (unpaired) electrons. The number of nitrogens with zero attached hydrogens (tertiary/aromatic N) is 2. The summed E-state index contributed by atoms with van der Waals surface area (Å²) in [6.45, 7) is 3.47. The number of hydrogen-bond acceptors (Lipinski definition) is 5. The fourth-order valence-electron chi connectivity index (χ4n) is 4.70. The molecule has 1 atom stereocenters. The minimum atomic E-state index is -0.134. The van der Waals surface area contributed by atoms with Crippen LogP contribution >= 0.6 is 15.9 Å². The van der Waals surface area contributed by atoms with Gasteiger partial charge in [-0.2, -0.15) is 0 Å². The highest BCUT2D eigenvalue weighted by molar-refractivity contribution is 9.10. The molecule has 184 valence electrons. The zero-order valence-corrected chi connectivity index (χ0v) is 22.1. The molecule has 1 amide bonds. The van der Waals surface area contributed by atoms with Gasteiger partial charge in [0, 0.05) is 22.9 Å². The van der Waals surface area contributed by atoms with Crippen LogP contribution in [-0.2, 0) is 13.0 Å². The highest BCUT2D eigenvalue weighted by Gasteiger charge is 2.23. The number of carbonyl (C=O) groups is 1. The van der Waals surface area contributed by atoms with Crippen molar-refractivity contribution in [3.05, 3.63) is 93.5 Å². The Bertz CT molecular complexity index is 1420. The van der Waals surface area contributed by atoms with E-state index < -0.39 is 0 Å². The molecule has 6 nitrogen and oxygen atoms in total. The number of halogens is 1. The van der Waals surface area contributed by atoms with Crippen LogP contribution in [0.2, 0.25) is 0 Å². The van der Waals surface area contributed by atoms with E-state index in [9.17, 15) is 4.79 Å². The Morgan fingerprint density at radius 1 is 1.00 bits per heavy atom. The summed E-state index contributed by atoms with van der Waals surface area (Å²) in [5.74, 6) is 2.13. The number of hydrogen-bond donors (Lipinski definition) is 1. The molecule has 1 aromatic heterocycles. The first-order chi connectivity index (χ1) is 17.5. The van der Waals surface area contributed by atoms with Gasteiger partial charge < -0.3 is 19.7 Å². The van der Waals surface area contributed by atoms with Crippen LogP contribution in [0.15, 0.2) is 71.2 Å². The van der Waals surface area contributed by atoms with Gasteiger partial charge in [0.1, 0.15) is 5.82 Å². The summed E-state index contributed by atoms with van der Waals surface area (Å²) in [7, 11) is 3.30. The summed E-state index contributed by atoms with van der Waals surface area (Å²) >= 11 is 3.47. The number of aromatic nitrogens is 1. The van der Waals surface area contributed by atoms with Crippen molar-refractivity contribution in [2.45, 2.75) is 25.9 Å². The smallest absolute Gasteiger partial charge is 0.252 e. The average molecular weight is 546 g/mol. The number of benzene rings is 3. The summed E-state index contributed by atoms with van der Waals surface area (Å²) in [5.41, 5.74) is 4.88. The van der Waals surface area contributed by atoms with Gasteiger partial charge >= 0.3 is 0 Å². The summed E-state index contributed by atoms with van der Waals surface area (Å²) in [6, 6.07) is 21.7. The summed E-state index contributed by atoms with van der Waals surface area (Å²) in [4.78, 5) is 20.6. The molecule has 0 unspecified atom stereocenters. The second-order valence-electron chi connectivity index (χ2n) is 8.94. The van der Waals surface area contributed by atoms with E-state index in [1.807, 2.05) is 67.6 Å². The van der Waals surface area contributed by atoms with Gasteiger partial charge in [0.05, 0.1) is 31.3 Å². The quantitative estimate of drug-likeness (QED) is 0.318. The van der Waals surface area contributed by atoms with Crippen molar-refractivity contribution in [1.82, 2.24) is 10.3 Å². The molecule has 0 saturated heterocycles. The van der Waals surface area contributed by atoms with Gasteiger partial charge in [-0.05, 0) is 66.4 Å². The minimum absolute atomic E-state index is 0.117. The Morgan fingerprint density at radius 3 is 2.42 bits per heavy atom. The van der Waals surface area contributed by atoms with Gasteiger partial charge in [-0.3, -0.25) is 4.79 Å². The van der Waals surface area contributed by atoms with E-state index in [1.165, 1.54) is 11.1 Å². The maximum Gasteiger partial charge on any atom is 0.252 e. The number of methoxy groups -OCH3 is 2. The monoisotopic (exact) mass is 545 g/mol. The van der Waals surface area contributed by atoms with E-state index >= 15 is 0 Å². The van der Waals surface area contributed by atoms with Crippen molar-refractivity contribution in [2.75, 3.05) is 25.7 Å². The third kappa shape index (κ3) is 4.75. The van der Waals surface area contributed by atoms with Gasteiger partial charge in [-0.25, -0.2) is 4.98 Å². The van der Waals surface area contributed by atoms with Crippen molar-refractivity contribution in [3.8, 4) is 11.5 Å². The number of ether oxygens (including phenoxy) is 2. The number of carbonyl (C=O) groups excluding carboxylic acids is 1. The molecule has 0 bridgehead atoms. The first kappa shape index (κ1) is 24.1. The molecular weight excluding hydrogens is 518 g/mol. The Kier molecular flexibility index (Phi) is 6.83. The molecular formula is C29H28BrN3O3. The van der Waals surface area contributed by atoms with E-state index in [4.69, 9.17) is 14.5 Å². The van der Waals surface area contributed by atoms with Crippen molar-refractivity contribution in [2.24, 2.45) is 0 Å². The van der Waals surface area contributed by atoms with E-state index in [1.54, 1.807) is 14.2 Å². The highest BCUT2D eigenvalue weighted by Crippen LogP contribution is 2.35. The third-order valence-corrected chi connectivity index (χ3v) is 7.24. The summed E-state index contributed by atoms with van der Waals surface area (Å²) in [6.07, 6.45) is 0.853. The zero-order valence-electron chi connectivity index (χ0n) is 20.5. The lowest BCUT2D eigenvalue weighted by Gasteiger charge is -2.31. The van der Waals surface area contributed by atoms with Crippen LogP contribution in [0.4, 0.5) is 5.82 Å². The van der Waals surface area contributed by atoms with Crippen LogP contribution in [0.1, 0.15) is 40.0 Å². The predicted molar refractivity (Wildman–Crippen MR) is 146 cm³/mol. The van der Waals surface area contributed by atoms with Gasteiger partial charge in [-0.15, -0.1) is 0 Å². The average Bonchev–Trinajstić information content (AvgIpc) is 2.91. The van der Waals surface area contributed by atoms with Crippen LogP contribution in [0, 0.1) is 0 Å². The lowest BCUT2D eigenvalue weighted by Crippen LogP contribution is -2.32. The Morgan fingerprint density at radius 2 is 1.69 bits per heavy atom. The molecule has 0 saturated carbocycles. The molecule has 1 N–H and O–H groups in total. The van der Waals surface area contributed by atoms with E-state index in [2.05, 4.69) is 32.2 Å². The SMILES string of the molecule is COc1cc2c(cc1OC)CN(c1cc(C(=O)N[C@@H](C)c3ccc(Br)cc3)c3ccccc3n1)CC2. The molecule has 1 aliphatic rings. The molecule has 4 aromatic rings. The van der Waals surface area contributed by atoms with Crippen molar-refractivity contribution in [1.29, 1.82) is 0 Å². The second kappa shape index (κ2) is 10.2. The lowest BCUT2D eigenvalue weighted by atomic mass is 9.98. The van der Waals surface area contributed by atoms with E-state index in [-0.39, 0.29) is 11.9 Å². The summed E-state index contributed by atoms with van der Waals surface area (Å²) < 4.78 is 12.0. The van der Waals surface area contributed by atoms with E-state index in [0.29, 0.717) is 17.9 Å². The molecule has 0 aliphatic carbocycles. The number of pyridine rings is 1. The Labute approximate surface area is 219 Å². The molecule has 0 spiro atoms. The molecule has 36 heavy (non-hydrogen) atoms. The van der Waals surface area contributed by atoms with Crippen LogP contribution in [0.3, 0.4) is 0 Å². The summed E-state index contributed by atoms with van der Waals surface area (Å²) in [5, 5.41) is 4.01. The number of nitrogens with one attached hydrogen (secondary N) is 1. The van der Waals surface area contributed by atoms with Crippen molar-refractivity contribution >= 4 is 38.6 Å². The fraction of sp³-hybridized carbons (Fsp3) is 0.241. The Hall–Kier alpha value is -3.58. The zero-order chi connectivity index (χ0) is 25.2.